The molecular formula is C18H15Cl2N3S2. The van der Waals surface area contributed by atoms with Crippen LogP contribution in [0.2, 0.25) is 8.67 Å². The summed E-state index contributed by atoms with van der Waals surface area (Å²) in [5.41, 5.74) is 5.15. The zero-order valence-electron chi connectivity index (χ0n) is 13.9. The lowest BCUT2D eigenvalue weighted by molar-refractivity contribution is 0.927. The number of halogens is 2. The van der Waals surface area contributed by atoms with E-state index in [1.807, 2.05) is 37.5 Å². The highest BCUT2D eigenvalue weighted by Crippen LogP contribution is 2.43. The topological polar surface area (TPSA) is 33.6 Å². The molecule has 4 aromatic rings. The fraction of sp³-hybridized carbons (Fsp3) is 0.167. The Kier molecular flexibility index (Phi) is 4.28. The first-order valence-electron chi connectivity index (χ1n) is 7.68. The second-order valence-corrected chi connectivity index (χ2v) is 9.59. The third kappa shape index (κ3) is 2.85. The second-order valence-electron chi connectivity index (χ2n) is 5.82. The smallest absolute Gasteiger partial charge is 0.157 e. The first kappa shape index (κ1) is 16.9. The van der Waals surface area contributed by atoms with Crippen molar-refractivity contribution in [3.05, 3.63) is 48.9 Å². The molecule has 4 aromatic heterocycles. The van der Waals surface area contributed by atoms with Crippen LogP contribution >= 0.6 is 45.9 Å². The van der Waals surface area contributed by atoms with Gasteiger partial charge in [0.25, 0.3) is 0 Å². The van der Waals surface area contributed by atoms with Crippen molar-refractivity contribution in [3.63, 3.8) is 0 Å². The van der Waals surface area contributed by atoms with E-state index in [0.717, 1.165) is 47.6 Å². The fourth-order valence-corrected chi connectivity index (χ4v) is 5.45. The number of nitrogens with one attached hydrogen (secondary N) is 1. The minimum absolute atomic E-state index is 0.769. The molecule has 0 aliphatic heterocycles. The molecular weight excluding hydrogens is 393 g/mol. The summed E-state index contributed by atoms with van der Waals surface area (Å²) in [6.07, 6.45) is 1.91. The molecule has 0 radical (unpaired) electrons. The molecule has 0 aromatic carbocycles. The predicted octanol–water partition coefficient (Wildman–Crippen LogP) is 6.80. The summed E-state index contributed by atoms with van der Waals surface area (Å²) in [5, 5.41) is 0. The van der Waals surface area contributed by atoms with E-state index in [9.17, 15) is 0 Å². The van der Waals surface area contributed by atoms with Crippen LogP contribution in [0.1, 0.15) is 9.75 Å². The Balaban J connectivity index is 2.04. The molecule has 0 aliphatic carbocycles. The lowest BCUT2D eigenvalue weighted by Gasteiger charge is -2.07. The summed E-state index contributed by atoms with van der Waals surface area (Å²) in [6, 6.07) is 8.01. The van der Waals surface area contributed by atoms with Crippen LogP contribution in [0.15, 0.2) is 30.5 Å². The standard InChI is InChI=1S/C18H15Cl2N3S2/c1-9-11(7-14(19)24-9)16-17(12-8-15(20)25-10(12)2)23(3)18(22-16)13-5-4-6-21-13/h4-8,21H,1-3H3. The highest BCUT2D eigenvalue weighted by molar-refractivity contribution is 7.17. The zero-order valence-corrected chi connectivity index (χ0v) is 17.0. The number of aromatic amines is 1. The fourth-order valence-electron chi connectivity index (χ4n) is 3.07. The highest BCUT2D eigenvalue weighted by atomic mass is 35.5. The molecule has 1 N–H and O–H groups in total. The van der Waals surface area contributed by atoms with Crippen LogP contribution in [-0.2, 0) is 7.05 Å². The quantitative estimate of drug-likeness (QED) is 0.398. The maximum absolute atomic E-state index is 6.27. The summed E-state index contributed by atoms with van der Waals surface area (Å²) in [7, 11) is 2.04. The molecule has 0 saturated heterocycles. The van der Waals surface area contributed by atoms with Crippen LogP contribution in [0.5, 0.6) is 0 Å². The Hall–Kier alpha value is -1.53. The van der Waals surface area contributed by atoms with E-state index in [0.29, 0.717) is 0 Å². The van der Waals surface area contributed by atoms with E-state index >= 15 is 0 Å². The molecule has 0 amide bonds. The number of hydrogen-bond donors (Lipinski definition) is 1. The summed E-state index contributed by atoms with van der Waals surface area (Å²) in [5.74, 6) is 0.887. The first-order chi connectivity index (χ1) is 12.0. The number of aromatic nitrogens is 3. The molecule has 0 saturated carbocycles. The number of aryl methyl sites for hydroxylation is 2. The average Bonchev–Trinajstić information content (AvgIpc) is 3.28. The lowest BCUT2D eigenvalue weighted by Crippen LogP contribution is -1.96. The maximum Gasteiger partial charge on any atom is 0.157 e. The monoisotopic (exact) mass is 407 g/mol. The van der Waals surface area contributed by atoms with Gasteiger partial charge in [0, 0.05) is 34.1 Å². The molecule has 0 fully saturated rings. The van der Waals surface area contributed by atoms with Crippen molar-refractivity contribution in [3.8, 4) is 34.0 Å². The van der Waals surface area contributed by atoms with E-state index in [1.54, 1.807) is 22.7 Å². The Morgan fingerprint density at radius 1 is 1.04 bits per heavy atom. The minimum atomic E-state index is 0.769. The SMILES string of the molecule is Cc1sc(Cl)cc1-c1nc(-c2ccc[nH]2)n(C)c1-c1cc(Cl)sc1C. The molecule has 3 nitrogen and oxygen atoms in total. The van der Waals surface area contributed by atoms with Gasteiger partial charge in [-0.3, -0.25) is 0 Å². The molecule has 128 valence electrons. The molecule has 7 heteroatoms. The van der Waals surface area contributed by atoms with Gasteiger partial charge in [-0.15, -0.1) is 22.7 Å². The van der Waals surface area contributed by atoms with Gasteiger partial charge in [-0.05, 0) is 38.1 Å². The number of imidazole rings is 1. The van der Waals surface area contributed by atoms with E-state index in [2.05, 4.69) is 23.4 Å². The van der Waals surface area contributed by atoms with Crippen molar-refractivity contribution in [1.29, 1.82) is 0 Å². The van der Waals surface area contributed by atoms with Gasteiger partial charge < -0.3 is 9.55 Å². The van der Waals surface area contributed by atoms with Crippen molar-refractivity contribution in [1.82, 2.24) is 14.5 Å². The van der Waals surface area contributed by atoms with Crippen molar-refractivity contribution >= 4 is 45.9 Å². The molecule has 0 aliphatic rings. The molecule has 0 unspecified atom stereocenters. The van der Waals surface area contributed by atoms with Gasteiger partial charge >= 0.3 is 0 Å². The molecule has 0 spiro atoms. The second kappa shape index (κ2) is 6.32. The highest BCUT2D eigenvalue weighted by Gasteiger charge is 2.23. The van der Waals surface area contributed by atoms with Gasteiger partial charge in [-0.2, -0.15) is 0 Å². The number of hydrogen-bond acceptors (Lipinski definition) is 3. The molecule has 0 bridgehead atoms. The molecule has 4 heterocycles. The Bertz CT molecular complexity index is 1050. The Morgan fingerprint density at radius 2 is 1.68 bits per heavy atom. The van der Waals surface area contributed by atoms with Crippen LogP contribution in [-0.4, -0.2) is 14.5 Å². The predicted molar refractivity (Wildman–Crippen MR) is 109 cm³/mol. The van der Waals surface area contributed by atoms with Crippen LogP contribution in [0.3, 0.4) is 0 Å². The molecule has 4 rings (SSSR count). The largest absolute Gasteiger partial charge is 0.359 e. The van der Waals surface area contributed by atoms with E-state index < -0.39 is 0 Å². The summed E-state index contributed by atoms with van der Waals surface area (Å²) in [4.78, 5) is 10.5. The van der Waals surface area contributed by atoms with Crippen molar-refractivity contribution in [2.45, 2.75) is 13.8 Å². The van der Waals surface area contributed by atoms with Crippen LogP contribution in [0, 0.1) is 13.8 Å². The lowest BCUT2D eigenvalue weighted by atomic mass is 10.1. The van der Waals surface area contributed by atoms with E-state index in [-0.39, 0.29) is 0 Å². The zero-order chi connectivity index (χ0) is 17.7. The van der Waals surface area contributed by atoms with Crippen molar-refractivity contribution in [2.24, 2.45) is 7.05 Å². The number of nitrogens with zero attached hydrogens (tertiary/aromatic N) is 2. The van der Waals surface area contributed by atoms with Gasteiger partial charge in [-0.1, -0.05) is 23.2 Å². The van der Waals surface area contributed by atoms with Gasteiger partial charge in [0.1, 0.15) is 0 Å². The van der Waals surface area contributed by atoms with Crippen molar-refractivity contribution < 1.29 is 0 Å². The van der Waals surface area contributed by atoms with Crippen LogP contribution in [0.4, 0.5) is 0 Å². The number of H-pyrrole nitrogens is 1. The summed E-state index contributed by atoms with van der Waals surface area (Å²) < 4.78 is 3.67. The van der Waals surface area contributed by atoms with E-state index in [4.69, 9.17) is 28.2 Å². The molecule has 0 atom stereocenters. The van der Waals surface area contributed by atoms with Gasteiger partial charge in [0.05, 0.1) is 25.8 Å². The number of rotatable bonds is 3. The molecule has 25 heavy (non-hydrogen) atoms. The Morgan fingerprint density at radius 3 is 2.20 bits per heavy atom. The Labute approximate surface area is 163 Å². The summed E-state index contributed by atoms with van der Waals surface area (Å²) >= 11 is 15.7. The summed E-state index contributed by atoms with van der Waals surface area (Å²) in [6.45, 7) is 4.16. The first-order valence-corrected chi connectivity index (χ1v) is 10.1. The average molecular weight is 408 g/mol. The van der Waals surface area contributed by atoms with Crippen molar-refractivity contribution in [2.75, 3.05) is 0 Å². The minimum Gasteiger partial charge on any atom is -0.359 e. The van der Waals surface area contributed by atoms with Gasteiger partial charge in [-0.25, -0.2) is 4.98 Å². The third-order valence-corrected chi connectivity index (χ3v) is 6.58. The van der Waals surface area contributed by atoms with Gasteiger partial charge in [0.2, 0.25) is 0 Å². The third-order valence-electron chi connectivity index (χ3n) is 4.22. The van der Waals surface area contributed by atoms with Crippen LogP contribution in [0.25, 0.3) is 34.0 Å². The van der Waals surface area contributed by atoms with Gasteiger partial charge in [0.15, 0.2) is 5.82 Å². The normalized spacial score (nSPS) is 11.4. The van der Waals surface area contributed by atoms with Crippen LogP contribution < -0.4 is 0 Å². The number of thiophene rings is 2. The van der Waals surface area contributed by atoms with E-state index in [1.165, 1.54) is 4.88 Å². The maximum atomic E-state index is 6.27.